The molecule has 0 fully saturated rings. The highest BCUT2D eigenvalue weighted by atomic mass is 35.5. The van der Waals surface area contributed by atoms with E-state index < -0.39 is 5.54 Å². The van der Waals surface area contributed by atoms with Crippen LogP contribution in [-0.2, 0) is 11.2 Å². The summed E-state index contributed by atoms with van der Waals surface area (Å²) in [5, 5.41) is 2.94. The summed E-state index contributed by atoms with van der Waals surface area (Å²) in [5.41, 5.74) is 1.68. The number of nitrogens with one attached hydrogen (secondary N) is 1. The van der Waals surface area contributed by atoms with E-state index in [1.54, 1.807) is 0 Å². The predicted octanol–water partition coefficient (Wildman–Crippen LogP) is 3.28. The van der Waals surface area contributed by atoms with Crippen molar-refractivity contribution >= 4 is 29.1 Å². The number of carbonyl (C=O) groups is 1. The minimum Gasteiger partial charge on any atom is -0.348 e. The van der Waals surface area contributed by atoms with E-state index in [1.165, 1.54) is 5.56 Å². The first-order valence-corrected chi connectivity index (χ1v) is 7.10. The summed E-state index contributed by atoms with van der Waals surface area (Å²) < 4.78 is 0. The molecule has 0 saturated carbocycles. The van der Waals surface area contributed by atoms with Crippen LogP contribution >= 0.6 is 23.2 Å². The summed E-state index contributed by atoms with van der Waals surface area (Å²) in [4.78, 5) is 12.0. The van der Waals surface area contributed by atoms with E-state index in [-0.39, 0.29) is 5.91 Å². The molecule has 100 valence electrons. The minimum atomic E-state index is -0.495. The first kappa shape index (κ1) is 15.3. The summed E-state index contributed by atoms with van der Waals surface area (Å²) in [6.45, 7) is 3.99. The summed E-state index contributed by atoms with van der Waals surface area (Å²) in [7, 11) is 0. The van der Waals surface area contributed by atoms with E-state index in [0.29, 0.717) is 18.2 Å². The fourth-order valence-electron chi connectivity index (χ4n) is 1.61. The molecule has 0 heterocycles. The van der Waals surface area contributed by atoms with Gasteiger partial charge in [-0.25, -0.2) is 0 Å². The van der Waals surface area contributed by atoms with Crippen LogP contribution < -0.4 is 5.32 Å². The predicted molar refractivity (Wildman–Crippen MR) is 77.5 cm³/mol. The maximum Gasteiger partial charge on any atom is 0.224 e. The molecule has 18 heavy (non-hydrogen) atoms. The number of rotatable bonds is 6. The van der Waals surface area contributed by atoms with Gasteiger partial charge in [0.2, 0.25) is 5.91 Å². The summed E-state index contributed by atoms with van der Waals surface area (Å²) in [5.74, 6) is 0.612. The average Bonchev–Trinajstić information content (AvgIpc) is 2.39. The second-order valence-electron chi connectivity index (χ2n) is 4.61. The molecule has 0 radical (unpaired) electrons. The molecule has 0 bridgehead atoms. The van der Waals surface area contributed by atoms with Gasteiger partial charge in [-0.1, -0.05) is 36.8 Å². The molecule has 1 amide bonds. The first-order valence-electron chi connectivity index (χ1n) is 6.03. The van der Waals surface area contributed by atoms with Gasteiger partial charge in [0.05, 0.1) is 12.0 Å². The van der Waals surface area contributed by atoms with Gasteiger partial charge < -0.3 is 5.32 Å². The van der Waals surface area contributed by atoms with E-state index in [1.807, 2.05) is 38.1 Å². The van der Waals surface area contributed by atoms with Crippen LogP contribution in [0.1, 0.15) is 24.5 Å². The van der Waals surface area contributed by atoms with Crippen molar-refractivity contribution in [2.45, 2.75) is 32.2 Å². The minimum absolute atomic E-state index is 0.0398. The van der Waals surface area contributed by atoms with E-state index in [9.17, 15) is 4.79 Å². The zero-order chi connectivity index (χ0) is 13.6. The highest BCUT2D eigenvalue weighted by Crippen LogP contribution is 2.15. The van der Waals surface area contributed by atoms with Gasteiger partial charge in [0.1, 0.15) is 0 Å². The van der Waals surface area contributed by atoms with Gasteiger partial charge in [0, 0.05) is 11.8 Å². The van der Waals surface area contributed by atoms with Crippen molar-refractivity contribution in [3.63, 3.8) is 0 Å². The summed E-state index contributed by atoms with van der Waals surface area (Å²) >= 11 is 11.8. The molecule has 0 spiro atoms. The normalized spacial score (nSPS) is 11.3. The number of aryl methyl sites for hydroxylation is 1. The Kier molecular flexibility index (Phi) is 5.97. The third-order valence-electron chi connectivity index (χ3n) is 3.08. The van der Waals surface area contributed by atoms with Crippen LogP contribution in [0, 0.1) is 6.92 Å². The third kappa shape index (κ3) is 4.18. The molecule has 0 unspecified atom stereocenters. The van der Waals surface area contributed by atoms with Crippen molar-refractivity contribution < 1.29 is 4.79 Å². The smallest absolute Gasteiger partial charge is 0.224 e. The lowest BCUT2D eigenvalue weighted by Gasteiger charge is -2.29. The third-order valence-corrected chi connectivity index (χ3v) is 4.10. The standard InChI is InChI=1S/C14H19Cl2NO/c1-3-14(9-15,10-16)17-13(18)8-12-6-4-11(2)5-7-12/h4-7H,3,8-10H2,1-2H3,(H,17,18). The second-order valence-corrected chi connectivity index (χ2v) is 5.15. The summed E-state index contributed by atoms with van der Waals surface area (Å²) in [6, 6.07) is 7.92. The quantitative estimate of drug-likeness (QED) is 0.800. The molecule has 1 aromatic rings. The molecule has 0 aliphatic heterocycles. The molecular formula is C14H19Cl2NO. The van der Waals surface area contributed by atoms with Crippen LogP contribution in [0.4, 0.5) is 0 Å². The SMILES string of the molecule is CCC(CCl)(CCl)NC(=O)Cc1ccc(C)cc1. The van der Waals surface area contributed by atoms with Gasteiger partial charge in [-0.2, -0.15) is 0 Å². The zero-order valence-corrected chi connectivity index (χ0v) is 12.3. The maximum absolute atomic E-state index is 12.0. The Labute approximate surface area is 119 Å². The number of carbonyl (C=O) groups excluding carboxylic acids is 1. The van der Waals surface area contributed by atoms with Gasteiger partial charge >= 0.3 is 0 Å². The highest BCUT2D eigenvalue weighted by molar-refractivity contribution is 6.22. The van der Waals surface area contributed by atoms with E-state index in [4.69, 9.17) is 23.2 Å². The molecule has 1 N–H and O–H groups in total. The van der Waals surface area contributed by atoms with Crippen molar-refractivity contribution in [2.24, 2.45) is 0 Å². The Morgan fingerprint density at radius 1 is 1.22 bits per heavy atom. The highest BCUT2D eigenvalue weighted by Gasteiger charge is 2.27. The van der Waals surface area contributed by atoms with Gasteiger partial charge in [0.25, 0.3) is 0 Å². The molecule has 2 nitrogen and oxygen atoms in total. The Balaban J connectivity index is 2.63. The molecule has 0 aliphatic carbocycles. The molecule has 0 aromatic heterocycles. The molecule has 0 aliphatic rings. The van der Waals surface area contributed by atoms with E-state index >= 15 is 0 Å². The Morgan fingerprint density at radius 2 is 1.78 bits per heavy atom. The van der Waals surface area contributed by atoms with Crippen LogP contribution in [0.2, 0.25) is 0 Å². The Hall–Kier alpha value is -0.730. The monoisotopic (exact) mass is 287 g/mol. The molecule has 0 atom stereocenters. The lowest BCUT2D eigenvalue weighted by atomic mass is 10.0. The molecule has 4 heteroatoms. The van der Waals surface area contributed by atoms with Gasteiger partial charge in [-0.3, -0.25) is 4.79 Å². The van der Waals surface area contributed by atoms with Crippen LogP contribution in [0.3, 0.4) is 0 Å². The van der Waals surface area contributed by atoms with E-state index in [2.05, 4.69) is 5.32 Å². The number of benzene rings is 1. The lowest BCUT2D eigenvalue weighted by Crippen LogP contribution is -2.51. The molecule has 1 aromatic carbocycles. The number of hydrogen-bond donors (Lipinski definition) is 1. The van der Waals surface area contributed by atoms with Gasteiger partial charge in [-0.05, 0) is 18.9 Å². The fourth-order valence-corrected chi connectivity index (χ4v) is 2.41. The fraction of sp³-hybridized carbons (Fsp3) is 0.500. The van der Waals surface area contributed by atoms with Crippen molar-refractivity contribution in [1.29, 1.82) is 0 Å². The van der Waals surface area contributed by atoms with Gasteiger partial charge in [-0.15, -0.1) is 23.2 Å². The average molecular weight is 288 g/mol. The number of halogens is 2. The molecular weight excluding hydrogens is 269 g/mol. The van der Waals surface area contributed by atoms with Gasteiger partial charge in [0.15, 0.2) is 0 Å². The number of hydrogen-bond acceptors (Lipinski definition) is 1. The zero-order valence-electron chi connectivity index (χ0n) is 10.8. The topological polar surface area (TPSA) is 29.1 Å². The maximum atomic E-state index is 12.0. The first-order chi connectivity index (χ1) is 8.55. The van der Waals surface area contributed by atoms with Crippen LogP contribution in [0.15, 0.2) is 24.3 Å². The Bertz CT molecular complexity index is 377. The lowest BCUT2D eigenvalue weighted by molar-refractivity contribution is -0.122. The molecule has 1 rings (SSSR count). The van der Waals surface area contributed by atoms with E-state index in [0.717, 1.165) is 12.0 Å². The van der Waals surface area contributed by atoms with Crippen LogP contribution in [-0.4, -0.2) is 23.2 Å². The van der Waals surface area contributed by atoms with Crippen molar-refractivity contribution in [3.05, 3.63) is 35.4 Å². The summed E-state index contributed by atoms with van der Waals surface area (Å²) in [6.07, 6.45) is 1.08. The Morgan fingerprint density at radius 3 is 2.22 bits per heavy atom. The van der Waals surface area contributed by atoms with Crippen LogP contribution in [0.25, 0.3) is 0 Å². The number of amides is 1. The largest absolute Gasteiger partial charge is 0.348 e. The number of alkyl halides is 2. The van der Waals surface area contributed by atoms with Crippen molar-refractivity contribution in [1.82, 2.24) is 5.32 Å². The molecule has 0 saturated heterocycles. The van der Waals surface area contributed by atoms with Crippen molar-refractivity contribution in [2.75, 3.05) is 11.8 Å². The second kappa shape index (κ2) is 7.01. The van der Waals surface area contributed by atoms with Crippen molar-refractivity contribution in [3.8, 4) is 0 Å². The van der Waals surface area contributed by atoms with Crippen LogP contribution in [0.5, 0.6) is 0 Å².